The molecule has 0 fully saturated rings. The molecule has 0 aliphatic heterocycles. The number of benzene rings is 1. The monoisotopic (exact) mass is 236 g/mol. The number of alkyl halides is 3. The fourth-order valence-electron chi connectivity index (χ4n) is 1.69. The van der Waals surface area contributed by atoms with Crippen molar-refractivity contribution in [3.63, 3.8) is 0 Å². The Bertz CT molecular complexity index is 551. The van der Waals surface area contributed by atoms with Gasteiger partial charge in [0, 0.05) is 5.48 Å². The van der Waals surface area contributed by atoms with Crippen molar-refractivity contribution in [1.82, 2.24) is 0 Å². The van der Waals surface area contributed by atoms with E-state index in [1.807, 2.05) is 0 Å². The van der Waals surface area contributed by atoms with Gasteiger partial charge >= 0.3 is 6.18 Å². The Labute approximate surface area is 96.9 Å². The molecular formula is C12H12F4. The molecule has 0 heterocycles. The fraction of sp³-hybridized carbons (Fsp3) is 0.500. The van der Waals surface area contributed by atoms with E-state index in [-0.39, 0.29) is 5.56 Å². The predicted octanol–water partition coefficient (Wildman–Crippen LogP) is 3.97. The first-order valence-corrected chi connectivity index (χ1v) is 4.78. The van der Waals surface area contributed by atoms with Crippen LogP contribution in [0.4, 0.5) is 17.6 Å². The van der Waals surface area contributed by atoms with Gasteiger partial charge in [-0.3, -0.25) is 0 Å². The van der Waals surface area contributed by atoms with Crippen LogP contribution in [0.2, 0.25) is 0 Å². The van der Waals surface area contributed by atoms with Crippen molar-refractivity contribution in [2.45, 2.75) is 32.3 Å². The van der Waals surface area contributed by atoms with Gasteiger partial charge in [-0.1, -0.05) is 13.0 Å². The van der Waals surface area contributed by atoms with Crippen molar-refractivity contribution in [2.24, 2.45) is 5.92 Å². The van der Waals surface area contributed by atoms with Crippen molar-refractivity contribution in [1.29, 1.82) is 0 Å². The number of rotatable bonds is 0. The van der Waals surface area contributed by atoms with Gasteiger partial charge in [0.25, 0.3) is 0 Å². The Hall–Kier alpha value is -1.06. The molecule has 4 heteroatoms. The normalized spacial score (nSPS) is 30.7. The minimum atomic E-state index is -4.89. The predicted molar refractivity (Wildman–Crippen MR) is 52.6 cm³/mol. The van der Waals surface area contributed by atoms with E-state index in [0.29, 0.717) is 6.07 Å². The summed E-state index contributed by atoms with van der Waals surface area (Å²) in [4.78, 5) is 0. The highest BCUT2D eigenvalue weighted by Crippen LogP contribution is 2.36. The van der Waals surface area contributed by atoms with Crippen LogP contribution in [0.5, 0.6) is 0 Å². The van der Waals surface area contributed by atoms with E-state index >= 15 is 0 Å². The van der Waals surface area contributed by atoms with Crippen molar-refractivity contribution in [3.8, 4) is 0 Å². The smallest absolute Gasteiger partial charge is 0.206 e. The van der Waals surface area contributed by atoms with Crippen molar-refractivity contribution in [2.75, 3.05) is 0 Å². The van der Waals surface area contributed by atoms with Gasteiger partial charge in [0.1, 0.15) is 5.82 Å². The van der Waals surface area contributed by atoms with Crippen LogP contribution in [-0.2, 0) is 19.0 Å². The molecule has 1 aromatic rings. The molecule has 0 N–H and O–H groups in total. The van der Waals surface area contributed by atoms with Gasteiger partial charge in [-0.25, -0.2) is 4.39 Å². The lowest BCUT2D eigenvalue weighted by Crippen LogP contribution is -2.17. The highest BCUT2D eigenvalue weighted by atomic mass is 19.4. The molecule has 0 amide bonds. The Morgan fingerprint density at radius 1 is 1.38 bits per heavy atom. The zero-order chi connectivity index (χ0) is 15.5. The maximum Gasteiger partial charge on any atom is 0.419 e. The van der Waals surface area contributed by atoms with E-state index < -0.39 is 48.2 Å². The Balaban J connectivity index is 2.70. The first-order valence-electron chi connectivity index (χ1n) is 6.78. The molecule has 0 radical (unpaired) electrons. The van der Waals surface area contributed by atoms with Crippen LogP contribution < -0.4 is 0 Å². The van der Waals surface area contributed by atoms with Gasteiger partial charge in [-0.2, -0.15) is 13.2 Å². The van der Waals surface area contributed by atoms with Crippen molar-refractivity contribution in [3.05, 3.63) is 34.6 Å². The molecule has 0 saturated heterocycles. The Kier molecular flexibility index (Phi) is 1.71. The summed E-state index contributed by atoms with van der Waals surface area (Å²) in [5.74, 6) is -2.66. The minimum absolute atomic E-state index is 0.203. The summed E-state index contributed by atoms with van der Waals surface area (Å²) in [5.41, 5.74) is -2.21. The molecule has 0 bridgehead atoms. The van der Waals surface area contributed by atoms with Crippen molar-refractivity contribution >= 4 is 0 Å². The highest BCUT2D eigenvalue weighted by molar-refractivity contribution is 5.37. The largest absolute Gasteiger partial charge is 0.419 e. The molecule has 1 atom stereocenters. The molecule has 1 aliphatic carbocycles. The van der Waals surface area contributed by atoms with Crippen LogP contribution in [0.15, 0.2) is 12.1 Å². The lowest BCUT2D eigenvalue weighted by atomic mass is 9.84. The van der Waals surface area contributed by atoms with Crippen LogP contribution in [0.25, 0.3) is 0 Å². The van der Waals surface area contributed by atoms with Crippen LogP contribution >= 0.6 is 0 Å². The lowest BCUT2D eigenvalue weighted by Gasteiger charge is -2.23. The topological polar surface area (TPSA) is 0 Å². The van der Waals surface area contributed by atoms with Gasteiger partial charge in [0.05, 0.1) is 5.56 Å². The van der Waals surface area contributed by atoms with E-state index in [0.717, 1.165) is 6.07 Å². The van der Waals surface area contributed by atoms with Gasteiger partial charge < -0.3 is 0 Å². The highest BCUT2D eigenvalue weighted by Gasteiger charge is 2.36. The van der Waals surface area contributed by atoms with Gasteiger partial charge in [-0.05, 0) is 42.3 Å². The summed E-state index contributed by atoms with van der Waals surface area (Å²) in [6.45, 7) is 1.33. The van der Waals surface area contributed by atoms with E-state index in [1.165, 1.54) is 6.92 Å². The molecule has 0 saturated carbocycles. The molecule has 88 valence electrons. The molecule has 0 nitrogen and oxygen atoms in total. The van der Waals surface area contributed by atoms with E-state index in [2.05, 4.69) is 0 Å². The SMILES string of the molecule is [2H]C1([2H])Cc2c(ccc(C(F)(F)F)c2F)C([2H])([2H])C1C. The molecule has 1 unspecified atom stereocenters. The van der Waals surface area contributed by atoms with Crippen LogP contribution in [0, 0.1) is 11.7 Å². The second-order valence-corrected chi connectivity index (χ2v) is 3.70. The summed E-state index contributed by atoms with van der Waals surface area (Å²) < 4.78 is 83.2. The number of hydrogen-bond acceptors (Lipinski definition) is 0. The summed E-state index contributed by atoms with van der Waals surface area (Å²) in [6, 6.07) is 1.42. The lowest BCUT2D eigenvalue weighted by molar-refractivity contribution is -0.140. The quantitative estimate of drug-likeness (QED) is 0.598. The van der Waals surface area contributed by atoms with Crippen molar-refractivity contribution < 1.29 is 23.0 Å². The molecule has 1 aliphatic rings. The standard InChI is InChI=1S/C12H12F4/c1-7-2-4-9-8(6-7)3-5-10(11(9)13)12(14,15)16/h3,5,7H,2,4,6H2,1H3/i2D2,6D2. The average Bonchev–Trinajstić information content (AvgIpc) is 2.26. The number of hydrogen-bond donors (Lipinski definition) is 0. The second-order valence-electron chi connectivity index (χ2n) is 3.70. The van der Waals surface area contributed by atoms with Crippen LogP contribution in [0.1, 0.15) is 35.5 Å². The first kappa shape index (κ1) is 7.30. The zero-order valence-electron chi connectivity index (χ0n) is 12.5. The van der Waals surface area contributed by atoms with E-state index in [1.54, 1.807) is 0 Å². The molecular weight excluding hydrogens is 220 g/mol. The van der Waals surface area contributed by atoms with E-state index in [9.17, 15) is 17.6 Å². The Morgan fingerprint density at radius 2 is 2.06 bits per heavy atom. The van der Waals surface area contributed by atoms with Gasteiger partial charge in [-0.15, -0.1) is 0 Å². The molecule has 1 aromatic carbocycles. The Morgan fingerprint density at radius 3 is 2.69 bits per heavy atom. The van der Waals surface area contributed by atoms with Crippen LogP contribution in [-0.4, -0.2) is 0 Å². The number of fused-ring (bicyclic) bond motifs is 1. The number of halogens is 4. The molecule has 16 heavy (non-hydrogen) atoms. The summed E-state index contributed by atoms with van der Waals surface area (Å²) in [5, 5.41) is 0. The molecule has 0 spiro atoms. The third kappa shape index (κ3) is 1.93. The summed E-state index contributed by atoms with van der Waals surface area (Å²) >= 11 is 0. The maximum atomic E-state index is 14.0. The average molecular weight is 236 g/mol. The van der Waals surface area contributed by atoms with Crippen LogP contribution in [0.3, 0.4) is 0 Å². The fourth-order valence-corrected chi connectivity index (χ4v) is 1.69. The minimum Gasteiger partial charge on any atom is -0.206 e. The zero-order valence-corrected chi connectivity index (χ0v) is 8.45. The third-order valence-corrected chi connectivity index (χ3v) is 2.51. The third-order valence-electron chi connectivity index (χ3n) is 2.51. The van der Waals surface area contributed by atoms with E-state index in [4.69, 9.17) is 5.48 Å². The summed E-state index contributed by atoms with van der Waals surface area (Å²) in [6.07, 6.45) is -9.79. The molecule has 0 aromatic heterocycles. The second kappa shape index (κ2) is 3.75. The first-order chi connectivity index (χ1) is 8.89. The van der Waals surface area contributed by atoms with Gasteiger partial charge in [0.2, 0.25) is 0 Å². The van der Waals surface area contributed by atoms with Gasteiger partial charge in [0.15, 0.2) is 0 Å². The summed E-state index contributed by atoms with van der Waals surface area (Å²) in [7, 11) is 0. The maximum absolute atomic E-state index is 14.0. The molecule has 2 rings (SSSR count).